The number of anilines is 1. The SMILES string of the molecule is Cc1[nH]c(C(=O)OCC(=O)Nc2ccc(F)c(F)c2F)c(C)c1[C@H](C)O. The van der Waals surface area contributed by atoms with E-state index in [9.17, 15) is 27.9 Å². The average Bonchev–Trinajstić information content (AvgIpc) is 2.88. The van der Waals surface area contributed by atoms with Crippen LogP contribution < -0.4 is 5.32 Å². The number of nitrogens with one attached hydrogen (secondary N) is 2. The summed E-state index contributed by atoms with van der Waals surface area (Å²) in [6.45, 7) is 4.06. The third-order valence-electron chi connectivity index (χ3n) is 3.76. The molecule has 1 amide bonds. The molecule has 3 N–H and O–H groups in total. The summed E-state index contributed by atoms with van der Waals surface area (Å²) in [5.74, 6) is -6.44. The quantitative estimate of drug-likeness (QED) is 0.558. The number of hydrogen-bond acceptors (Lipinski definition) is 4. The van der Waals surface area contributed by atoms with Gasteiger partial charge in [-0.05, 0) is 38.5 Å². The standard InChI is InChI=1S/C17H17F3N2O4/c1-7-13(9(3)23)8(2)21-16(7)17(25)26-6-12(24)22-11-5-4-10(18)14(19)15(11)20/h4-5,9,21,23H,6H2,1-3H3,(H,22,24)/t9-/m0/s1. The van der Waals surface area contributed by atoms with E-state index in [2.05, 4.69) is 4.98 Å². The molecule has 2 rings (SSSR count). The van der Waals surface area contributed by atoms with Crippen molar-refractivity contribution in [2.24, 2.45) is 0 Å². The molecule has 0 unspecified atom stereocenters. The van der Waals surface area contributed by atoms with Gasteiger partial charge in [0.15, 0.2) is 24.1 Å². The van der Waals surface area contributed by atoms with Crippen molar-refractivity contribution in [2.75, 3.05) is 11.9 Å². The predicted octanol–water partition coefficient (Wildman–Crippen LogP) is 2.90. The van der Waals surface area contributed by atoms with Crippen LogP contribution in [0.1, 0.15) is 40.3 Å². The molecule has 0 fully saturated rings. The van der Waals surface area contributed by atoms with E-state index in [0.29, 0.717) is 22.9 Å². The second-order valence-electron chi connectivity index (χ2n) is 5.69. The van der Waals surface area contributed by atoms with Crippen molar-refractivity contribution in [3.05, 3.63) is 52.1 Å². The van der Waals surface area contributed by atoms with Gasteiger partial charge in [-0.3, -0.25) is 4.79 Å². The Morgan fingerprint density at radius 3 is 2.46 bits per heavy atom. The highest BCUT2D eigenvalue weighted by Gasteiger charge is 2.22. The first-order chi connectivity index (χ1) is 12.1. The van der Waals surface area contributed by atoms with Crippen molar-refractivity contribution in [3.8, 4) is 0 Å². The molecule has 1 aromatic heterocycles. The number of hydrogen-bond donors (Lipinski definition) is 3. The van der Waals surface area contributed by atoms with E-state index < -0.39 is 47.7 Å². The number of aliphatic hydroxyl groups excluding tert-OH is 1. The van der Waals surface area contributed by atoms with Gasteiger partial charge in [0.05, 0.1) is 11.8 Å². The van der Waals surface area contributed by atoms with Gasteiger partial charge >= 0.3 is 5.97 Å². The van der Waals surface area contributed by atoms with Crippen LogP contribution in [0.3, 0.4) is 0 Å². The number of carbonyl (C=O) groups excluding carboxylic acids is 2. The first-order valence-electron chi connectivity index (χ1n) is 7.61. The number of rotatable bonds is 5. The summed E-state index contributed by atoms with van der Waals surface area (Å²) in [5.41, 5.74) is 1.11. The minimum atomic E-state index is -1.72. The summed E-state index contributed by atoms with van der Waals surface area (Å²) in [7, 11) is 0. The largest absolute Gasteiger partial charge is 0.451 e. The van der Waals surface area contributed by atoms with E-state index in [4.69, 9.17) is 4.74 Å². The number of H-pyrrole nitrogens is 1. The Balaban J connectivity index is 2.03. The van der Waals surface area contributed by atoms with Gasteiger partial charge in [-0.1, -0.05) is 0 Å². The van der Waals surface area contributed by atoms with Gasteiger partial charge < -0.3 is 20.1 Å². The van der Waals surface area contributed by atoms with Gasteiger partial charge in [-0.25, -0.2) is 18.0 Å². The zero-order valence-corrected chi connectivity index (χ0v) is 14.2. The van der Waals surface area contributed by atoms with E-state index in [0.717, 1.165) is 6.07 Å². The van der Waals surface area contributed by atoms with Crippen LogP contribution in [0.2, 0.25) is 0 Å². The number of aromatic amines is 1. The number of ether oxygens (including phenoxy) is 1. The minimum absolute atomic E-state index is 0.0743. The molecule has 0 aliphatic carbocycles. The van der Waals surface area contributed by atoms with Crippen molar-refractivity contribution in [1.82, 2.24) is 4.98 Å². The molecule has 1 heterocycles. The average molecular weight is 370 g/mol. The van der Waals surface area contributed by atoms with Crippen molar-refractivity contribution >= 4 is 17.6 Å². The van der Waals surface area contributed by atoms with Gasteiger partial charge in [-0.2, -0.15) is 0 Å². The number of aromatic nitrogens is 1. The van der Waals surface area contributed by atoms with Crippen molar-refractivity contribution in [1.29, 1.82) is 0 Å². The van der Waals surface area contributed by atoms with Gasteiger partial charge in [0.2, 0.25) is 0 Å². The fourth-order valence-electron chi connectivity index (χ4n) is 2.61. The zero-order valence-electron chi connectivity index (χ0n) is 14.2. The Morgan fingerprint density at radius 1 is 1.23 bits per heavy atom. The Hall–Kier alpha value is -2.81. The minimum Gasteiger partial charge on any atom is -0.451 e. The molecule has 0 saturated carbocycles. The molecule has 6 nitrogen and oxygen atoms in total. The van der Waals surface area contributed by atoms with Gasteiger partial charge in [-0.15, -0.1) is 0 Å². The van der Waals surface area contributed by atoms with Gasteiger partial charge in [0, 0.05) is 11.3 Å². The fraction of sp³-hybridized carbons (Fsp3) is 0.294. The lowest BCUT2D eigenvalue weighted by Crippen LogP contribution is -2.22. The smallest absolute Gasteiger partial charge is 0.355 e. The van der Waals surface area contributed by atoms with E-state index >= 15 is 0 Å². The van der Waals surface area contributed by atoms with Crippen LogP contribution in [0, 0.1) is 31.3 Å². The molecule has 1 atom stereocenters. The highest BCUT2D eigenvalue weighted by atomic mass is 19.2. The summed E-state index contributed by atoms with van der Waals surface area (Å²) in [4.78, 5) is 26.6. The first kappa shape index (κ1) is 19.5. The van der Waals surface area contributed by atoms with Crippen LogP contribution >= 0.6 is 0 Å². The Bertz CT molecular complexity index is 862. The monoisotopic (exact) mass is 370 g/mol. The van der Waals surface area contributed by atoms with E-state index in [1.54, 1.807) is 20.8 Å². The predicted molar refractivity (Wildman–Crippen MR) is 86.1 cm³/mol. The molecule has 9 heteroatoms. The number of amides is 1. The molecule has 0 aliphatic heterocycles. The molecule has 0 aliphatic rings. The molecule has 0 spiro atoms. The summed E-state index contributed by atoms with van der Waals surface area (Å²) >= 11 is 0. The van der Waals surface area contributed by atoms with Crippen molar-refractivity contribution in [3.63, 3.8) is 0 Å². The summed E-state index contributed by atoms with van der Waals surface area (Å²) in [5, 5.41) is 11.7. The van der Waals surface area contributed by atoms with E-state index in [1.165, 1.54) is 0 Å². The summed E-state index contributed by atoms with van der Waals surface area (Å²) in [6.07, 6.45) is -0.799. The molecular formula is C17H17F3N2O4. The lowest BCUT2D eigenvalue weighted by molar-refractivity contribution is -0.119. The van der Waals surface area contributed by atoms with Gasteiger partial charge in [0.25, 0.3) is 5.91 Å². The summed E-state index contributed by atoms with van der Waals surface area (Å²) in [6, 6.07) is 1.50. The Kier molecular flexibility index (Phi) is 5.71. The van der Waals surface area contributed by atoms with Crippen molar-refractivity contribution in [2.45, 2.75) is 26.9 Å². The first-order valence-corrected chi connectivity index (χ1v) is 7.61. The van der Waals surface area contributed by atoms with Crippen LogP contribution in [-0.4, -0.2) is 28.6 Å². The normalized spacial score (nSPS) is 12.0. The molecule has 1 aromatic carbocycles. The second kappa shape index (κ2) is 7.61. The van der Waals surface area contributed by atoms with Crippen LogP contribution in [0.15, 0.2) is 12.1 Å². The topological polar surface area (TPSA) is 91.4 Å². The van der Waals surface area contributed by atoms with Crippen LogP contribution in [0.5, 0.6) is 0 Å². The Morgan fingerprint density at radius 2 is 1.88 bits per heavy atom. The third kappa shape index (κ3) is 3.88. The molecular weight excluding hydrogens is 353 g/mol. The number of esters is 1. The number of benzene rings is 1. The fourth-order valence-corrected chi connectivity index (χ4v) is 2.61. The second-order valence-corrected chi connectivity index (χ2v) is 5.69. The van der Waals surface area contributed by atoms with Crippen molar-refractivity contribution < 1.29 is 32.6 Å². The maximum absolute atomic E-state index is 13.5. The lowest BCUT2D eigenvalue weighted by atomic mass is 10.1. The third-order valence-corrected chi connectivity index (χ3v) is 3.76. The molecule has 140 valence electrons. The highest BCUT2D eigenvalue weighted by molar-refractivity contribution is 5.95. The van der Waals surface area contributed by atoms with Crippen LogP contribution in [0.25, 0.3) is 0 Å². The lowest BCUT2D eigenvalue weighted by Gasteiger charge is -2.08. The van der Waals surface area contributed by atoms with Crippen LogP contribution in [0.4, 0.5) is 18.9 Å². The highest BCUT2D eigenvalue weighted by Crippen LogP contribution is 2.25. The summed E-state index contributed by atoms with van der Waals surface area (Å²) < 4.78 is 44.3. The maximum Gasteiger partial charge on any atom is 0.355 e. The van der Waals surface area contributed by atoms with Gasteiger partial charge in [0.1, 0.15) is 5.69 Å². The van der Waals surface area contributed by atoms with Crippen LogP contribution in [-0.2, 0) is 9.53 Å². The van der Waals surface area contributed by atoms with E-state index in [-0.39, 0.29) is 5.69 Å². The molecule has 0 radical (unpaired) electrons. The number of carbonyl (C=O) groups is 2. The Labute approximate surface area is 147 Å². The maximum atomic E-state index is 13.5. The number of halogens is 3. The number of aryl methyl sites for hydroxylation is 1. The molecule has 0 bridgehead atoms. The molecule has 26 heavy (non-hydrogen) atoms. The number of aliphatic hydroxyl groups is 1. The van der Waals surface area contributed by atoms with E-state index in [1.807, 2.05) is 5.32 Å². The molecule has 0 saturated heterocycles. The molecule has 2 aromatic rings. The zero-order chi connectivity index (χ0) is 19.6.